The summed E-state index contributed by atoms with van der Waals surface area (Å²) in [6, 6.07) is 2.28. The molecule has 0 aromatic heterocycles. The van der Waals surface area contributed by atoms with E-state index in [-0.39, 0.29) is 22.8 Å². The van der Waals surface area contributed by atoms with E-state index in [4.69, 9.17) is 9.47 Å². The number of methoxy groups -OCH3 is 2. The van der Waals surface area contributed by atoms with Crippen molar-refractivity contribution in [2.75, 3.05) is 14.2 Å². The van der Waals surface area contributed by atoms with Gasteiger partial charge in [-0.3, -0.25) is 19.7 Å². The summed E-state index contributed by atoms with van der Waals surface area (Å²) in [7, 11) is -1.25. The molecule has 1 unspecified atom stereocenters. The number of carbonyl (C=O) groups excluding carboxylic acids is 2. The number of sulfonamides is 1. The van der Waals surface area contributed by atoms with Crippen LogP contribution in [0.2, 0.25) is 0 Å². The zero-order valence-electron chi connectivity index (χ0n) is 20.2. The number of ether oxygens (including phenoxy) is 2. The number of fused-ring (bicyclic) bond motifs is 1. The van der Waals surface area contributed by atoms with E-state index < -0.39 is 32.9 Å². The van der Waals surface area contributed by atoms with Crippen LogP contribution in [-0.4, -0.2) is 50.2 Å². The zero-order valence-corrected chi connectivity index (χ0v) is 24.1. The van der Waals surface area contributed by atoms with Gasteiger partial charge >= 0.3 is 0 Å². The molecule has 2 aromatic rings. The lowest BCUT2D eigenvalue weighted by Crippen LogP contribution is -2.47. The SMILES string of the molecule is COc1c(Br)c2c(c(Br)c1OC)C(CC(C)=O)N(C(=O)[C@H](C)NS(=O)(=O)c1ccc([N+](=O)[O-])cc1)C=C2. The van der Waals surface area contributed by atoms with Crippen LogP contribution in [-0.2, 0) is 19.6 Å². The average Bonchev–Trinajstić information content (AvgIpc) is 2.84. The molecule has 2 atom stereocenters. The number of nitrogens with zero attached hydrogens (tertiary/aromatic N) is 2. The van der Waals surface area contributed by atoms with Gasteiger partial charge < -0.3 is 14.4 Å². The van der Waals surface area contributed by atoms with Gasteiger partial charge in [-0.1, -0.05) is 0 Å². The monoisotopic (exact) mass is 659 g/mol. The van der Waals surface area contributed by atoms with Crippen molar-refractivity contribution in [3.63, 3.8) is 0 Å². The molecule has 1 aliphatic heterocycles. The van der Waals surface area contributed by atoms with Crippen molar-refractivity contribution in [2.24, 2.45) is 0 Å². The highest BCUT2D eigenvalue weighted by Crippen LogP contribution is 2.51. The molecule has 1 amide bonds. The molecule has 0 saturated carbocycles. The second-order valence-corrected chi connectivity index (χ2v) is 11.4. The fourth-order valence-electron chi connectivity index (χ4n) is 3.95. The first kappa shape index (κ1) is 28.8. The fourth-order valence-corrected chi connectivity index (χ4v) is 6.66. The third-order valence-electron chi connectivity index (χ3n) is 5.64. The summed E-state index contributed by atoms with van der Waals surface area (Å²) in [5, 5.41) is 10.9. The Balaban J connectivity index is 1.98. The molecule has 3 rings (SSSR count). The highest BCUT2D eigenvalue weighted by atomic mass is 79.9. The van der Waals surface area contributed by atoms with Gasteiger partial charge in [0.1, 0.15) is 5.78 Å². The van der Waals surface area contributed by atoms with Crippen LogP contribution >= 0.6 is 31.9 Å². The van der Waals surface area contributed by atoms with Crippen LogP contribution in [0.15, 0.2) is 44.3 Å². The summed E-state index contributed by atoms with van der Waals surface area (Å²) in [5.41, 5.74) is 0.982. The van der Waals surface area contributed by atoms with Crippen LogP contribution in [0, 0.1) is 10.1 Å². The minimum absolute atomic E-state index is 0.0502. The fraction of sp³-hybridized carbons (Fsp3) is 0.304. The first-order valence-electron chi connectivity index (χ1n) is 10.7. The molecule has 14 heteroatoms. The zero-order chi connectivity index (χ0) is 27.7. The van der Waals surface area contributed by atoms with Crippen LogP contribution in [0.25, 0.3) is 6.08 Å². The third kappa shape index (κ3) is 5.71. The molecule has 0 spiro atoms. The molecular formula is C23H23Br2N3O8S. The van der Waals surface area contributed by atoms with E-state index in [9.17, 15) is 28.1 Å². The number of non-ortho nitro benzene ring substituents is 1. The summed E-state index contributed by atoms with van der Waals surface area (Å²) in [4.78, 5) is 37.0. The van der Waals surface area contributed by atoms with Gasteiger partial charge in [-0.05, 0) is 63.9 Å². The molecule has 2 aromatic carbocycles. The lowest BCUT2D eigenvalue weighted by Gasteiger charge is -2.36. The lowest BCUT2D eigenvalue weighted by atomic mass is 9.91. The molecule has 198 valence electrons. The molecule has 0 radical (unpaired) electrons. The Morgan fingerprint density at radius 2 is 1.70 bits per heavy atom. The topological polar surface area (TPSA) is 145 Å². The predicted octanol–water partition coefficient (Wildman–Crippen LogP) is 4.34. The molecular weight excluding hydrogens is 638 g/mol. The van der Waals surface area contributed by atoms with Crippen molar-refractivity contribution in [1.29, 1.82) is 0 Å². The molecule has 1 heterocycles. The van der Waals surface area contributed by atoms with Gasteiger partial charge in [0.05, 0.1) is 45.1 Å². The number of amides is 1. The molecule has 0 fully saturated rings. The minimum Gasteiger partial charge on any atom is -0.492 e. The highest BCUT2D eigenvalue weighted by Gasteiger charge is 2.37. The van der Waals surface area contributed by atoms with Crippen molar-refractivity contribution in [3.05, 3.63) is 60.7 Å². The van der Waals surface area contributed by atoms with Crippen LogP contribution in [0.4, 0.5) is 5.69 Å². The average molecular weight is 661 g/mol. The number of benzene rings is 2. The summed E-state index contributed by atoms with van der Waals surface area (Å²) >= 11 is 7.04. The molecule has 37 heavy (non-hydrogen) atoms. The van der Waals surface area contributed by atoms with Crippen molar-refractivity contribution in [3.8, 4) is 11.5 Å². The Morgan fingerprint density at radius 3 is 2.22 bits per heavy atom. The quantitative estimate of drug-likeness (QED) is 0.309. The molecule has 1 aliphatic rings. The van der Waals surface area contributed by atoms with Gasteiger partial charge in [0, 0.05) is 35.9 Å². The normalized spacial score (nSPS) is 15.6. The number of hydrogen-bond acceptors (Lipinski definition) is 8. The number of halogens is 2. The predicted molar refractivity (Wildman–Crippen MR) is 142 cm³/mol. The maximum Gasteiger partial charge on any atom is 0.269 e. The first-order valence-corrected chi connectivity index (χ1v) is 13.8. The Morgan fingerprint density at radius 1 is 1.14 bits per heavy atom. The van der Waals surface area contributed by atoms with E-state index in [1.807, 2.05) is 0 Å². The number of nitro groups is 1. The molecule has 0 bridgehead atoms. The van der Waals surface area contributed by atoms with Crippen molar-refractivity contribution in [1.82, 2.24) is 9.62 Å². The minimum atomic E-state index is -4.19. The number of ketones is 1. The number of Topliss-reactive ketones (excluding diaryl/α,β-unsaturated/α-hetero) is 1. The van der Waals surface area contributed by atoms with Crippen LogP contribution in [0.1, 0.15) is 37.4 Å². The largest absolute Gasteiger partial charge is 0.492 e. The second-order valence-electron chi connectivity index (χ2n) is 8.10. The van der Waals surface area contributed by atoms with E-state index in [1.165, 1.54) is 39.2 Å². The van der Waals surface area contributed by atoms with E-state index in [0.29, 0.717) is 31.6 Å². The summed E-state index contributed by atoms with van der Waals surface area (Å²) < 4.78 is 40.0. The van der Waals surface area contributed by atoms with Gasteiger partial charge in [-0.15, -0.1) is 0 Å². The Kier molecular flexibility index (Phi) is 8.78. The van der Waals surface area contributed by atoms with E-state index in [2.05, 4.69) is 36.6 Å². The van der Waals surface area contributed by atoms with Gasteiger partial charge in [0.2, 0.25) is 15.9 Å². The van der Waals surface area contributed by atoms with E-state index in [1.54, 1.807) is 6.08 Å². The highest BCUT2D eigenvalue weighted by molar-refractivity contribution is 9.11. The smallest absolute Gasteiger partial charge is 0.269 e. The maximum atomic E-state index is 13.5. The second kappa shape index (κ2) is 11.3. The number of hydrogen-bond donors (Lipinski definition) is 1. The Hall–Kier alpha value is -2.81. The lowest BCUT2D eigenvalue weighted by molar-refractivity contribution is -0.384. The van der Waals surface area contributed by atoms with Crippen LogP contribution < -0.4 is 14.2 Å². The van der Waals surface area contributed by atoms with Gasteiger partial charge in [0.15, 0.2) is 11.5 Å². The maximum absolute atomic E-state index is 13.5. The Labute approximate surface area is 230 Å². The van der Waals surface area contributed by atoms with Gasteiger partial charge in [-0.2, -0.15) is 4.72 Å². The van der Waals surface area contributed by atoms with Crippen LogP contribution in [0.5, 0.6) is 11.5 Å². The number of carbonyl (C=O) groups is 2. The number of nitro benzene ring substituents is 1. The third-order valence-corrected chi connectivity index (χ3v) is 8.77. The van der Waals surface area contributed by atoms with Crippen LogP contribution in [0.3, 0.4) is 0 Å². The van der Waals surface area contributed by atoms with Gasteiger partial charge in [0.25, 0.3) is 5.69 Å². The van der Waals surface area contributed by atoms with Crippen molar-refractivity contribution in [2.45, 2.75) is 37.2 Å². The van der Waals surface area contributed by atoms with E-state index >= 15 is 0 Å². The summed E-state index contributed by atoms with van der Waals surface area (Å²) in [6.07, 6.45) is 3.09. The molecule has 0 saturated heterocycles. The number of rotatable bonds is 9. The van der Waals surface area contributed by atoms with Crippen molar-refractivity contribution >= 4 is 65.3 Å². The first-order chi connectivity index (χ1) is 17.3. The molecule has 1 N–H and O–H groups in total. The summed E-state index contributed by atoms with van der Waals surface area (Å²) in [6.45, 7) is 2.77. The van der Waals surface area contributed by atoms with Gasteiger partial charge in [-0.25, -0.2) is 8.42 Å². The van der Waals surface area contributed by atoms with Crippen molar-refractivity contribution < 1.29 is 32.4 Å². The molecule has 0 aliphatic carbocycles. The standard InChI is InChI=1S/C23H23Br2N3O8S/c1-12(29)11-17-18-16(19(24)21(35-3)22(36-4)20(18)25)9-10-27(17)23(30)13(2)26-37(33,34)15-7-5-14(6-8-15)28(31)32/h5-10,13,17,26H,11H2,1-4H3/t13-,17?/m0/s1. The number of nitrogens with one attached hydrogen (secondary N) is 1. The Bertz CT molecular complexity index is 1390. The molecule has 11 nitrogen and oxygen atoms in total. The van der Waals surface area contributed by atoms with E-state index in [0.717, 1.165) is 24.3 Å². The summed E-state index contributed by atoms with van der Waals surface area (Å²) in [5.74, 6) is -0.0305.